The summed E-state index contributed by atoms with van der Waals surface area (Å²) in [5.41, 5.74) is 2.65. The van der Waals surface area contributed by atoms with Gasteiger partial charge < -0.3 is 15.6 Å². The molecule has 2 aliphatic heterocycles. The van der Waals surface area contributed by atoms with Crippen molar-refractivity contribution in [3.8, 4) is 6.07 Å². The Morgan fingerprint density at radius 3 is 2.42 bits per heavy atom. The van der Waals surface area contributed by atoms with E-state index in [4.69, 9.17) is 16.7 Å². The molecule has 2 N–H and O–H groups in total. The first-order valence-electron chi connectivity index (χ1n) is 8.70. The van der Waals surface area contributed by atoms with Gasteiger partial charge in [-0.1, -0.05) is 36.6 Å². The van der Waals surface area contributed by atoms with E-state index < -0.39 is 0 Å². The van der Waals surface area contributed by atoms with Crippen LogP contribution in [0.2, 0.25) is 5.02 Å². The first kappa shape index (κ1) is 23.7. The van der Waals surface area contributed by atoms with Crippen molar-refractivity contribution in [2.45, 2.75) is 25.7 Å². The number of aliphatic hydroxyl groups is 1. The predicted molar refractivity (Wildman–Crippen MR) is 99.5 cm³/mol. The Hall–Kier alpha value is -0.316. The Morgan fingerprint density at radius 2 is 1.92 bits per heavy atom. The Labute approximate surface area is 185 Å². The first-order chi connectivity index (χ1) is 12.1. The number of aliphatic hydroxyl groups excluding tert-OH is 1. The molecule has 0 amide bonds. The quantitative estimate of drug-likeness (QED) is 0.669. The van der Waals surface area contributed by atoms with E-state index in [0.717, 1.165) is 49.9 Å². The molecule has 5 nitrogen and oxygen atoms in total. The number of hydroxylamine groups is 2. The maximum atomic E-state index is 9.30. The van der Waals surface area contributed by atoms with Crippen LogP contribution >= 0.6 is 11.6 Å². The summed E-state index contributed by atoms with van der Waals surface area (Å²) < 4.78 is 0. The molecule has 1 aromatic rings. The van der Waals surface area contributed by atoms with Crippen molar-refractivity contribution in [1.29, 1.82) is 5.26 Å². The third-order valence-electron chi connectivity index (χ3n) is 4.57. The maximum Gasteiger partial charge on any atom is 0.0997 e. The van der Waals surface area contributed by atoms with Gasteiger partial charge in [0, 0.05) is 57.4 Å². The average molecular weight is 452 g/mol. The van der Waals surface area contributed by atoms with Crippen molar-refractivity contribution in [3.05, 3.63) is 45.7 Å². The first-order valence-corrected chi connectivity index (χ1v) is 9.07. The Morgan fingerprint density at radius 1 is 1.27 bits per heavy atom. The van der Waals surface area contributed by atoms with Crippen LogP contribution in [-0.4, -0.2) is 48.2 Å². The number of allylic oxidation sites excluding steroid dienone is 1. The molecule has 0 aliphatic carbocycles. The van der Waals surface area contributed by atoms with Gasteiger partial charge in [-0.3, -0.25) is 0 Å². The molecule has 0 bridgehead atoms. The fraction of sp³-hybridized carbons (Fsp3) is 0.526. The third kappa shape index (κ3) is 7.74. The topological polar surface area (TPSA) is 81.6 Å². The van der Waals surface area contributed by atoms with Gasteiger partial charge >= 0.3 is 0 Å². The van der Waals surface area contributed by atoms with Crippen LogP contribution in [-0.2, 0) is 32.7 Å². The summed E-state index contributed by atoms with van der Waals surface area (Å²) in [6.45, 7) is 3.45. The summed E-state index contributed by atoms with van der Waals surface area (Å²) in [5, 5.41) is 33.3. The van der Waals surface area contributed by atoms with Crippen LogP contribution in [0.15, 0.2) is 29.8 Å². The van der Waals surface area contributed by atoms with Crippen LogP contribution in [0.3, 0.4) is 0 Å². The number of hydrogen-bond donors (Lipinski definition) is 2. The van der Waals surface area contributed by atoms with Crippen LogP contribution in [0.1, 0.15) is 31.2 Å². The van der Waals surface area contributed by atoms with Gasteiger partial charge in [0.15, 0.2) is 0 Å². The maximum absolute atomic E-state index is 9.30. The van der Waals surface area contributed by atoms with Crippen molar-refractivity contribution in [2.24, 2.45) is 5.92 Å². The van der Waals surface area contributed by atoms with Crippen molar-refractivity contribution in [2.75, 3.05) is 32.8 Å². The fourth-order valence-corrected chi connectivity index (χ4v) is 3.18. The molecule has 0 aromatic heterocycles. The zero-order chi connectivity index (χ0) is 18.1. The zero-order valence-corrected chi connectivity index (χ0v) is 18.5. The second-order valence-corrected chi connectivity index (χ2v) is 6.79. The Balaban J connectivity index is 0.000000318. The summed E-state index contributed by atoms with van der Waals surface area (Å²) in [6, 6.07) is 9.58. The van der Waals surface area contributed by atoms with Crippen LogP contribution in [0, 0.1) is 17.2 Å². The molecule has 7 heteroatoms. The SMILES string of the molecule is N#CC(=C1CCN(O)CC1)c1cccc(Cl)c1.OCC1CC[N-]CC1.[Y]. The molecule has 139 valence electrons. The molecule has 0 unspecified atom stereocenters. The molecule has 3 rings (SSSR count). The number of hydrogen-bond acceptors (Lipinski definition) is 4. The number of rotatable bonds is 2. The third-order valence-corrected chi connectivity index (χ3v) is 4.81. The molecular formula is C19H25ClN3O2Y-. The van der Waals surface area contributed by atoms with Crippen LogP contribution in [0.4, 0.5) is 0 Å². The van der Waals surface area contributed by atoms with Gasteiger partial charge in [-0.25, -0.2) is 0 Å². The van der Waals surface area contributed by atoms with Gasteiger partial charge in [0.05, 0.1) is 11.6 Å². The molecule has 0 spiro atoms. The summed E-state index contributed by atoms with van der Waals surface area (Å²) in [6.07, 6.45) is 3.64. The van der Waals surface area contributed by atoms with E-state index in [0.29, 0.717) is 36.2 Å². The van der Waals surface area contributed by atoms with Gasteiger partial charge in [-0.15, -0.1) is 13.1 Å². The average Bonchev–Trinajstić information content (AvgIpc) is 2.65. The van der Waals surface area contributed by atoms with Gasteiger partial charge in [0.1, 0.15) is 0 Å². The van der Waals surface area contributed by atoms with Crippen molar-refractivity contribution in [1.82, 2.24) is 5.06 Å². The van der Waals surface area contributed by atoms with Crippen LogP contribution in [0.5, 0.6) is 0 Å². The molecule has 0 atom stereocenters. The minimum absolute atomic E-state index is 0. The number of nitrogens with zero attached hydrogens (tertiary/aromatic N) is 3. The fourth-order valence-electron chi connectivity index (χ4n) is 2.99. The number of benzene rings is 1. The molecular weight excluding hydrogens is 427 g/mol. The number of nitriles is 1. The standard InChI is InChI=1S/C13H13ClN2O.C6H12NO.Y/c14-12-3-1-2-11(8-12)13(9-15)10-4-6-16(17)7-5-10;8-5-6-1-3-7-4-2-6;/h1-3,8,17H,4-7H2;6,8H,1-5H2;/q;-1;. The number of halogens is 1. The largest absolute Gasteiger partial charge is 0.662 e. The van der Waals surface area contributed by atoms with Gasteiger partial charge in [-0.05, 0) is 42.0 Å². The van der Waals surface area contributed by atoms with Crippen LogP contribution in [0.25, 0.3) is 10.9 Å². The van der Waals surface area contributed by atoms with Crippen molar-refractivity contribution >= 4 is 17.2 Å². The number of piperidine rings is 2. The zero-order valence-electron chi connectivity index (χ0n) is 14.9. The molecule has 2 fully saturated rings. The van der Waals surface area contributed by atoms with Gasteiger partial charge in [0.2, 0.25) is 0 Å². The molecule has 1 aromatic carbocycles. The Kier molecular flexibility index (Phi) is 11.8. The summed E-state index contributed by atoms with van der Waals surface area (Å²) in [4.78, 5) is 0. The second-order valence-electron chi connectivity index (χ2n) is 6.35. The molecule has 0 saturated carbocycles. The van der Waals surface area contributed by atoms with E-state index in [1.807, 2.05) is 12.1 Å². The van der Waals surface area contributed by atoms with E-state index in [1.165, 1.54) is 5.06 Å². The minimum Gasteiger partial charge on any atom is -0.662 e. The Bertz CT molecular complexity index is 617. The second kappa shape index (κ2) is 13.0. The van der Waals surface area contributed by atoms with E-state index in [1.54, 1.807) is 12.1 Å². The molecule has 2 aliphatic rings. The van der Waals surface area contributed by atoms with Gasteiger partial charge in [-0.2, -0.15) is 10.3 Å². The molecule has 1 radical (unpaired) electrons. The van der Waals surface area contributed by atoms with E-state index in [-0.39, 0.29) is 32.7 Å². The van der Waals surface area contributed by atoms with E-state index in [2.05, 4.69) is 11.4 Å². The molecule has 26 heavy (non-hydrogen) atoms. The van der Waals surface area contributed by atoms with Crippen LogP contribution < -0.4 is 0 Å². The van der Waals surface area contributed by atoms with E-state index >= 15 is 0 Å². The predicted octanol–water partition coefficient (Wildman–Crippen LogP) is 3.86. The van der Waals surface area contributed by atoms with Gasteiger partial charge in [0.25, 0.3) is 0 Å². The summed E-state index contributed by atoms with van der Waals surface area (Å²) in [5.74, 6) is 0.549. The van der Waals surface area contributed by atoms with Crippen molar-refractivity contribution < 1.29 is 43.0 Å². The van der Waals surface area contributed by atoms with Crippen molar-refractivity contribution in [3.63, 3.8) is 0 Å². The molecule has 2 heterocycles. The summed E-state index contributed by atoms with van der Waals surface area (Å²) >= 11 is 5.93. The minimum atomic E-state index is 0. The molecule has 2 saturated heterocycles. The monoisotopic (exact) mass is 451 g/mol. The summed E-state index contributed by atoms with van der Waals surface area (Å²) in [7, 11) is 0. The van der Waals surface area contributed by atoms with E-state index in [9.17, 15) is 10.5 Å². The smallest absolute Gasteiger partial charge is 0.0997 e. The normalized spacial score (nSPS) is 18.2.